The molecule has 2 aromatic carbocycles. The normalized spacial score (nSPS) is 11.4. The lowest BCUT2D eigenvalue weighted by Gasteiger charge is -2.09. The van der Waals surface area contributed by atoms with E-state index in [0.717, 1.165) is 44.6 Å². The third-order valence-corrected chi connectivity index (χ3v) is 5.73. The second-order valence-electron chi connectivity index (χ2n) is 5.48. The van der Waals surface area contributed by atoms with Gasteiger partial charge < -0.3 is 4.74 Å². The summed E-state index contributed by atoms with van der Waals surface area (Å²) in [5.74, 6) is 2.30. The minimum atomic E-state index is -4.29. The van der Waals surface area contributed by atoms with Gasteiger partial charge in [0.1, 0.15) is 5.75 Å². The average Bonchev–Trinajstić information content (AvgIpc) is 2.58. The molecule has 6 heteroatoms. The minimum Gasteiger partial charge on any atom is -0.496 e. The molecule has 0 radical (unpaired) electrons. The third-order valence-electron chi connectivity index (χ3n) is 3.43. The van der Waals surface area contributed by atoms with Gasteiger partial charge in [0.15, 0.2) is 0 Å². The van der Waals surface area contributed by atoms with Crippen LogP contribution >= 0.6 is 23.5 Å². The van der Waals surface area contributed by atoms with Gasteiger partial charge in [-0.3, -0.25) is 0 Å². The van der Waals surface area contributed by atoms with Crippen LogP contribution in [-0.2, 0) is 6.18 Å². The number of thioether (sulfide) groups is 2. The molecular weight excluding hydrogens is 365 g/mol. The highest BCUT2D eigenvalue weighted by molar-refractivity contribution is 8.00. The van der Waals surface area contributed by atoms with Gasteiger partial charge in [0.2, 0.25) is 0 Å². The van der Waals surface area contributed by atoms with E-state index in [1.54, 1.807) is 18.9 Å². The summed E-state index contributed by atoms with van der Waals surface area (Å²) < 4.78 is 42.9. The van der Waals surface area contributed by atoms with Crippen molar-refractivity contribution >= 4 is 23.5 Å². The summed E-state index contributed by atoms with van der Waals surface area (Å²) in [5.41, 5.74) is 1.49. The highest BCUT2D eigenvalue weighted by atomic mass is 32.2. The van der Waals surface area contributed by atoms with Gasteiger partial charge in [0, 0.05) is 21.3 Å². The van der Waals surface area contributed by atoms with E-state index in [2.05, 4.69) is 12.6 Å². The maximum Gasteiger partial charge on any atom is 0.416 e. The van der Waals surface area contributed by atoms with E-state index in [0.29, 0.717) is 5.75 Å². The number of rotatable bonds is 7. The first-order valence-electron chi connectivity index (χ1n) is 7.53. The Bertz CT molecular complexity index is 724. The van der Waals surface area contributed by atoms with Crippen LogP contribution in [0.4, 0.5) is 13.2 Å². The second-order valence-corrected chi connectivity index (χ2v) is 7.58. The van der Waals surface area contributed by atoms with Crippen LogP contribution in [0.3, 0.4) is 0 Å². The quantitative estimate of drug-likeness (QED) is 0.400. The Hall–Kier alpha value is -1.53. The molecule has 0 aliphatic heterocycles. The first-order valence-corrected chi connectivity index (χ1v) is 9.51. The van der Waals surface area contributed by atoms with Gasteiger partial charge in [-0.2, -0.15) is 13.2 Å². The van der Waals surface area contributed by atoms with Crippen molar-refractivity contribution in [3.63, 3.8) is 0 Å². The summed E-state index contributed by atoms with van der Waals surface area (Å²) >= 11 is 3.18. The van der Waals surface area contributed by atoms with Gasteiger partial charge in [-0.15, -0.1) is 23.5 Å². The summed E-state index contributed by atoms with van der Waals surface area (Å²) in [6.07, 6.45) is -4.29. The molecule has 1 nitrogen and oxygen atoms in total. The van der Waals surface area contributed by atoms with Gasteiger partial charge in [0.25, 0.3) is 0 Å². The number of aryl methyl sites for hydroxylation is 1. The Kier molecular flexibility index (Phi) is 6.90. The molecule has 0 heterocycles. The van der Waals surface area contributed by atoms with Crippen molar-refractivity contribution in [1.82, 2.24) is 0 Å². The fraction of sp³-hybridized carbons (Fsp3) is 0.263. The first-order chi connectivity index (χ1) is 11.8. The molecule has 0 amide bonds. The monoisotopic (exact) mass is 384 g/mol. The van der Waals surface area contributed by atoms with Gasteiger partial charge in [-0.25, -0.2) is 0 Å². The lowest BCUT2D eigenvalue weighted by atomic mass is 10.2. The summed E-state index contributed by atoms with van der Waals surface area (Å²) in [6, 6.07) is 11.2. The van der Waals surface area contributed by atoms with Crippen molar-refractivity contribution in [3.8, 4) is 5.75 Å². The maximum absolute atomic E-state index is 12.5. The van der Waals surface area contributed by atoms with E-state index in [-0.39, 0.29) is 0 Å². The van der Waals surface area contributed by atoms with Crippen LogP contribution in [0.5, 0.6) is 5.75 Å². The molecule has 0 aliphatic carbocycles. The molecule has 25 heavy (non-hydrogen) atoms. The minimum absolute atomic E-state index is 0.624. The Morgan fingerprint density at radius 3 is 2.08 bits per heavy atom. The van der Waals surface area contributed by atoms with Crippen LogP contribution in [0.15, 0.2) is 64.4 Å². The average molecular weight is 384 g/mol. The molecule has 0 unspecified atom stereocenters. The summed E-state index contributed by atoms with van der Waals surface area (Å²) in [7, 11) is 1.65. The van der Waals surface area contributed by atoms with E-state index in [1.165, 1.54) is 23.9 Å². The van der Waals surface area contributed by atoms with E-state index in [1.807, 2.05) is 19.1 Å². The van der Waals surface area contributed by atoms with E-state index < -0.39 is 11.7 Å². The van der Waals surface area contributed by atoms with Crippen LogP contribution in [0.2, 0.25) is 0 Å². The lowest BCUT2D eigenvalue weighted by Crippen LogP contribution is -2.03. The SMILES string of the molecule is C=C(CSc1ccc(C(F)(F)F)cc1)CSc1ccc(OC)c(C)c1. The second kappa shape index (κ2) is 8.72. The standard InChI is InChI=1S/C19H19F3OS2/c1-13(12-25-17-8-9-18(23-3)14(2)10-17)11-24-16-6-4-15(5-7-16)19(20,21)22/h4-10H,1,11-12H2,2-3H3. The predicted octanol–water partition coefficient (Wildman–Crippen LogP) is 6.46. The Balaban J connectivity index is 1.82. The molecule has 2 aromatic rings. The predicted molar refractivity (Wildman–Crippen MR) is 99.8 cm³/mol. The lowest BCUT2D eigenvalue weighted by molar-refractivity contribution is -0.137. The van der Waals surface area contributed by atoms with Crippen molar-refractivity contribution in [2.75, 3.05) is 18.6 Å². The van der Waals surface area contributed by atoms with Crippen molar-refractivity contribution < 1.29 is 17.9 Å². The van der Waals surface area contributed by atoms with Crippen molar-refractivity contribution in [2.45, 2.75) is 22.9 Å². The van der Waals surface area contributed by atoms with Crippen molar-refractivity contribution in [2.24, 2.45) is 0 Å². The molecule has 0 atom stereocenters. The molecule has 0 N–H and O–H groups in total. The number of hydrogen-bond acceptors (Lipinski definition) is 3. The molecule has 0 aliphatic rings. The summed E-state index contributed by atoms with van der Waals surface area (Å²) in [4.78, 5) is 1.94. The largest absolute Gasteiger partial charge is 0.496 e. The van der Waals surface area contributed by atoms with Gasteiger partial charge in [0.05, 0.1) is 12.7 Å². The molecule has 0 aromatic heterocycles. The van der Waals surface area contributed by atoms with Gasteiger partial charge >= 0.3 is 6.18 Å². The fourth-order valence-electron chi connectivity index (χ4n) is 2.09. The van der Waals surface area contributed by atoms with Crippen molar-refractivity contribution in [1.29, 1.82) is 0 Å². The molecule has 0 saturated heterocycles. The summed E-state index contributed by atoms with van der Waals surface area (Å²) in [5, 5.41) is 0. The number of methoxy groups -OCH3 is 1. The maximum atomic E-state index is 12.5. The Morgan fingerprint density at radius 1 is 1.00 bits per heavy atom. The third kappa shape index (κ3) is 6.04. The number of ether oxygens (including phenoxy) is 1. The Labute approximate surface area is 154 Å². The highest BCUT2D eigenvalue weighted by Crippen LogP contribution is 2.32. The van der Waals surface area contributed by atoms with Crippen LogP contribution in [0.25, 0.3) is 0 Å². The topological polar surface area (TPSA) is 9.23 Å². The van der Waals surface area contributed by atoms with E-state index in [4.69, 9.17) is 4.74 Å². The molecule has 0 saturated carbocycles. The van der Waals surface area contributed by atoms with Crippen LogP contribution < -0.4 is 4.74 Å². The molecule has 0 fully saturated rings. The van der Waals surface area contributed by atoms with E-state index >= 15 is 0 Å². The molecule has 0 bridgehead atoms. The highest BCUT2D eigenvalue weighted by Gasteiger charge is 2.29. The number of benzene rings is 2. The zero-order chi connectivity index (χ0) is 18.4. The zero-order valence-corrected chi connectivity index (χ0v) is 15.7. The number of hydrogen-bond donors (Lipinski definition) is 0. The Morgan fingerprint density at radius 2 is 1.56 bits per heavy atom. The van der Waals surface area contributed by atoms with Crippen LogP contribution in [-0.4, -0.2) is 18.6 Å². The smallest absolute Gasteiger partial charge is 0.416 e. The van der Waals surface area contributed by atoms with Crippen LogP contribution in [0.1, 0.15) is 11.1 Å². The van der Waals surface area contributed by atoms with Crippen molar-refractivity contribution in [3.05, 3.63) is 65.7 Å². The first kappa shape index (κ1) is 19.8. The van der Waals surface area contributed by atoms with Crippen LogP contribution in [0, 0.1) is 6.92 Å². The van der Waals surface area contributed by atoms with E-state index in [9.17, 15) is 13.2 Å². The number of halogens is 3. The molecule has 134 valence electrons. The summed E-state index contributed by atoms with van der Waals surface area (Å²) in [6.45, 7) is 6.05. The molecule has 2 rings (SSSR count). The van der Waals surface area contributed by atoms with Gasteiger partial charge in [-0.05, 0) is 55.0 Å². The number of alkyl halides is 3. The molecular formula is C19H19F3OS2. The molecule has 0 spiro atoms. The fourth-order valence-corrected chi connectivity index (χ4v) is 3.92. The van der Waals surface area contributed by atoms with Gasteiger partial charge in [-0.1, -0.05) is 12.2 Å². The zero-order valence-electron chi connectivity index (χ0n) is 14.0.